The molecule has 0 amide bonds. The summed E-state index contributed by atoms with van der Waals surface area (Å²) < 4.78 is 5.36. The standard InChI is InChI=1S/C9H5Cl3O/c1-4-2-5-7(13-4)3-6(10)9(12)8(5)11/h2-3H,1H3. The molecule has 68 valence electrons. The van der Waals surface area contributed by atoms with E-state index >= 15 is 0 Å². The quantitative estimate of drug-likeness (QED) is 0.603. The number of aryl methyl sites for hydroxylation is 1. The zero-order valence-corrected chi connectivity index (χ0v) is 8.96. The summed E-state index contributed by atoms with van der Waals surface area (Å²) in [5.41, 5.74) is 0.664. The van der Waals surface area contributed by atoms with Crippen LogP contribution in [0.4, 0.5) is 0 Å². The zero-order chi connectivity index (χ0) is 9.59. The van der Waals surface area contributed by atoms with Crippen molar-refractivity contribution in [3.8, 4) is 0 Å². The molecule has 0 spiro atoms. The molecule has 0 saturated carbocycles. The number of hydrogen-bond donors (Lipinski definition) is 0. The van der Waals surface area contributed by atoms with Gasteiger partial charge in [-0.15, -0.1) is 0 Å². The minimum atomic E-state index is 0.372. The summed E-state index contributed by atoms with van der Waals surface area (Å²) in [7, 11) is 0. The third kappa shape index (κ3) is 1.41. The van der Waals surface area contributed by atoms with Gasteiger partial charge in [-0.25, -0.2) is 0 Å². The summed E-state index contributed by atoms with van der Waals surface area (Å²) in [4.78, 5) is 0. The van der Waals surface area contributed by atoms with E-state index in [1.807, 2.05) is 13.0 Å². The molecule has 0 radical (unpaired) electrons. The Morgan fingerprint density at radius 1 is 1.08 bits per heavy atom. The van der Waals surface area contributed by atoms with E-state index in [9.17, 15) is 0 Å². The average Bonchev–Trinajstić information content (AvgIpc) is 2.42. The molecule has 0 fully saturated rings. The van der Waals surface area contributed by atoms with E-state index in [0.717, 1.165) is 11.1 Å². The smallest absolute Gasteiger partial charge is 0.137 e. The van der Waals surface area contributed by atoms with Crippen molar-refractivity contribution in [3.05, 3.63) is 33.0 Å². The highest BCUT2D eigenvalue weighted by Crippen LogP contribution is 2.37. The van der Waals surface area contributed by atoms with Crippen LogP contribution >= 0.6 is 34.8 Å². The fourth-order valence-electron chi connectivity index (χ4n) is 1.21. The van der Waals surface area contributed by atoms with Crippen LogP contribution in [-0.2, 0) is 0 Å². The Bertz CT molecular complexity index is 473. The van der Waals surface area contributed by atoms with Crippen LogP contribution in [0.25, 0.3) is 11.0 Å². The van der Waals surface area contributed by atoms with Gasteiger partial charge in [0.15, 0.2) is 0 Å². The van der Waals surface area contributed by atoms with Crippen molar-refractivity contribution in [3.63, 3.8) is 0 Å². The third-order valence-electron chi connectivity index (χ3n) is 1.78. The molecule has 0 atom stereocenters. The van der Waals surface area contributed by atoms with Gasteiger partial charge in [0.05, 0.1) is 15.1 Å². The number of fused-ring (bicyclic) bond motifs is 1. The highest BCUT2D eigenvalue weighted by molar-refractivity contribution is 6.50. The Hall–Kier alpha value is -0.370. The Kier molecular flexibility index (Phi) is 2.18. The highest BCUT2D eigenvalue weighted by Gasteiger charge is 2.11. The average molecular weight is 235 g/mol. The molecular weight excluding hydrogens is 230 g/mol. The van der Waals surface area contributed by atoms with Crippen molar-refractivity contribution in [2.75, 3.05) is 0 Å². The van der Waals surface area contributed by atoms with Crippen LogP contribution < -0.4 is 0 Å². The van der Waals surface area contributed by atoms with Gasteiger partial charge in [0.1, 0.15) is 11.3 Å². The first-order valence-corrected chi connectivity index (χ1v) is 4.76. The molecule has 2 rings (SSSR count). The molecule has 0 bridgehead atoms. The first kappa shape index (κ1) is 9.20. The van der Waals surface area contributed by atoms with E-state index < -0.39 is 0 Å². The number of rotatable bonds is 0. The molecule has 2 aromatic rings. The summed E-state index contributed by atoms with van der Waals surface area (Å²) in [5.74, 6) is 0.787. The van der Waals surface area contributed by atoms with Gasteiger partial charge in [0, 0.05) is 11.5 Å². The van der Waals surface area contributed by atoms with Crippen LogP contribution in [-0.4, -0.2) is 0 Å². The van der Waals surface area contributed by atoms with E-state index in [4.69, 9.17) is 39.2 Å². The summed E-state index contributed by atoms with van der Waals surface area (Å²) in [6.07, 6.45) is 0. The van der Waals surface area contributed by atoms with Crippen LogP contribution in [0.15, 0.2) is 16.5 Å². The summed E-state index contributed by atoms with van der Waals surface area (Å²) in [5, 5.41) is 2.03. The van der Waals surface area contributed by atoms with E-state index in [0.29, 0.717) is 20.7 Å². The van der Waals surface area contributed by atoms with Crippen molar-refractivity contribution < 1.29 is 4.42 Å². The summed E-state index contributed by atoms with van der Waals surface area (Å²) in [6, 6.07) is 3.50. The van der Waals surface area contributed by atoms with E-state index in [-0.39, 0.29) is 0 Å². The minimum Gasteiger partial charge on any atom is -0.461 e. The lowest BCUT2D eigenvalue weighted by Gasteiger charge is -1.98. The van der Waals surface area contributed by atoms with Gasteiger partial charge in [-0.2, -0.15) is 0 Å². The molecule has 0 aliphatic rings. The topological polar surface area (TPSA) is 13.1 Å². The normalized spacial score (nSPS) is 11.1. The van der Waals surface area contributed by atoms with Crippen molar-refractivity contribution in [2.45, 2.75) is 6.92 Å². The second-order valence-corrected chi connectivity index (χ2v) is 3.92. The third-order valence-corrected chi connectivity index (χ3v) is 3.06. The minimum absolute atomic E-state index is 0.372. The maximum Gasteiger partial charge on any atom is 0.137 e. The SMILES string of the molecule is Cc1cc2c(Cl)c(Cl)c(Cl)cc2o1. The molecule has 0 saturated heterocycles. The molecule has 4 heteroatoms. The lowest BCUT2D eigenvalue weighted by Crippen LogP contribution is -1.72. The lowest BCUT2D eigenvalue weighted by molar-refractivity contribution is 0.578. The molecular formula is C9H5Cl3O. The van der Waals surface area contributed by atoms with Crippen molar-refractivity contribution >= 4 is 45.8 Å². The van der Waals surface area contributed by atoms with Gasteiger partial charge < -0.3 is 4.42 Å². The molecule has 1 aromatic heterocycles. The predicted octanol–water partition coefficient (Wildman–Crippen LogP) is 4.70. The van der Waals surface area contributed by atoms with Gasteiger partial charge in [-0.05, 0) is 13.0 Å². The van der Waals surface area contributed by atoms with E-state index in [2.05, 4.69) is 0 Å². The molecule has 0 N–H and O–H groups in total. The van der Waals surface area contributed by atoms with Gasteiger partial charge in [0.2, 0.25) is 0 Å². The predicted molar refractivity (Wildman–Crippen MR) is 56.0 cm³/mol. The van der Waals surface area contributed by atoms with Crippen LogP contribution in [0.5, 0.6) is 0 Å². The Balaban J connectivity index is 2.92. The maximum atomic E-state index is 5.97. The fraction of sp³-hybridized carbons (Fsp3) is 0.111. The highest BCUT2D eigenvalue weighted by atomic mass is 35.5. The molecule has 13 heavy (non-hydrogen) atoms. The van der Waals surface area contributed by atoms with Crippen LogP contribution in [0.2, 0.25) is 15.1 Å². The van der Waals surface area contributed by atoms with Crippen molar-refractivity contribution in [1.82, 2.24) is 0 Å². The van der Waals surface area contributed by atoms with Crippen LogP contribution in [0.1, 0.15) is 5.76 Å². The zero-order valence-electron chi connectivity index (χ0n) is 6.70. The summed E-state index contributed by atoms with van der Waals surface area (Å²) in [6.45, 7) is 1.85. The molecule has 0 aliphatic carbocycles. The summed E-state index contributed by atoms with van der Waals surface area (Å²) >= 11 is 17.7. The molecule has 1 nitrogen and oxygen atoms in total. The monoisotopic (exact) mass is 234 g/mol. The Morgan fingerprint density at radius 3 is 2.46 bits per heavy atom. The van der Waals surface area contributed by atoms with Gasteiger partial charge in [0.25, 0.3) is 0 Å². The van der Waals surface area contributed by atoms with Crippen LogP contribution in [0, 0.1) is 6.92 Å². The van der Waals surface area contributed by atoms with Gasteiger partial charge in [-0.3, -0.25) is 0 Å². The lowest BCUT2D eigenvalue weighted by atomic mass is 10.2. The van der Waals surface area contributed by atoms with E-state index in [1.165, 1.54) is 0 Å². The number of benzene rings is 1. The Morgan fingerprint density at radius 2 is 1.77 bits per heavy atom. The maximum absolute atomic E-state index is 5.97. The van der Waals surface area contributed by atoms with Crippen molar-refractivity contribution in [2.24, 2.45) is 0 Å². The van der Waals surface area contributed by atoms with E-state index in [1.54, 1.807) is 6.07 Å². The number of halogens is 3. The van der Waals surface area contributed by atoms with Crippen molar-refractivity contribution in [1.29, 1.82) is 0 Å². The first-order chi connectivity index (χ1) is 6.09. The van der Waals surface area contributed by atoms with Crippen LogP contribution in [0.3, 0.4) is 0 Å². The first-order valence-electron chi connectivity index (χ1n) is 3.63. The van der Waals surface area contributed by atoms with Gasteiger partial charge in [-0.1, -0.05) is 34.8 Å². The second kappa shape index (κ2) is 3.09. The fourth-order valence-corrected chi connectivity index (χ4v) is 1.86. The second-order valence-electron chi connectivity index (χ2n) is 2.76. The molecule has 0 unspecified atom stereocenters. The molecule has 1 heterocycles. The molecule has 1 aromatic carbocycles. The molecule has 0 aliphatic heterocycles. The number of furan rings is 1. The largest absolute Gasteiger partial charge is 0.461 e. The Labute approximate surface area is 90.2 Å². The number of hydrogen-bond acceptors (Lipinski definition) is 1. The van der Waals surface area contributed by atoms with Gasteiger partial charge >= 0.3 is 0 Å².